The number of hydrogen-bond acceptors (Lipinski definition) is 4. The van der Waals surface area contributed by atoms with Gasteiger partial charge in [-0.2, -0.15) is 0 Å². The van der Waals surface area contributed by atoms with Gasteiger partial charge in [-0.15, -0.1) is 11.3 Å². The van der Waals surface area contributed by atoms with Crippen LogP contribution in [0.3, 0.4) is 0 Å². The summed E-state index contributed by atoms with van der Waals surface area (Å²) in [4.78, 5) is 6.52. The molecule has 4 rings (SSSR count). The molecule has 1 atom stereocenters. The molecule has 2 aromatic carbocycles. The molecule has 1 aliphatic heterocycles. The number of aliphatic hydroxyl groups excluding tert-OH is 1. The molecule has 0 saturated carbocycles. The van der Waals surface area contributed by atoms with Crippen molar-refractivity contribution in [3.63, 3.8) is 0 Å². The zero-order chi connectivity index (χ0) is 19.0. The Kier molecular flexibility index (Phi) is 4.72. The van der Waals surface area contributed by atoms with E-state index in [2.05, 4.69) is 4.98 Å². The molecule has 0 amide bonds. The van der Waals surface area contributed by atoms with Crippen molar-refractivity contribution in [2.75, 3.05) is 6.54 Å². The van der Waals surface area contributed by atoms with Crippen molar-refractivity contribution in [3.8, 4) is 11.3 Å². The molecule has 0 saturated heterocycles. The Bertz CT molecular complexity index is 1030. The molecule has 3 aromatic rings. The fourth-order valence-corrected chi connectivity index (χ4v) is 4.37. The fraction of sp³-hybridized carbons (Fsp3) is 0.143. The number of thiazole rings is 1. The summed E-state index contributed by atoms with van der Waals surface area (Å²) in [5.74, 6) is 0.478. The Hall–Kier alpha value is -2.63. The maximum atomic E-state index is 10.6. The van der Waals surface area contributed by atoms with E-state index in [-0.39, 0.29) is 11.8 Å². The molecule has 0 fully saturated rings. The van der Waals surface area contributed by atoms with Gasteiger partial charge in [0.15, 0.2) is 0 Å². The zero-order valence-corrected chi connectivity index (χ0v) is 16.3. The molecule has 136 valence electrons. The molecule has 0 spiro atoms. The zero-order valence-electron chi connectivity index (χ0n) is 14.7. The number of aromatic nitrogens is 1. The highest BCUT2D eigenvalue weighted by atomic mass is 35.5. The fourth-order valence-electron chi connectivity index (χ4n) is 3.25. The second kappa shape index (κ2) is 7.18. The third-order valence-corrected chi connectivity index (χ3v) is 5.94. The summed E-state index contributed by atoms with van der Waals surface area (Å²) in [6.45, 7) is 2.35. The van der Waals surface area contributed by atoms with Crippen molar-refractivity contribution in [3.05, 3.63) is 81.3 Å². The molecular formula is C21H18ClN3OS. The number of rotatable bonds is 4. The number of nitrogens with zero attached hydrogens (tertiary/aromatic N) is 2. The van der Waals surface area contributed by atoms with E-state index in [4.69, 9.17) is 17.0 Å². The third kappa shape index (κ3) is 3.24. The highest BCUT2D eigenvalue weighted by Crippen LogP contribution is 2.36. The summed E-state index contributed by atoms with van der Waals surface area (Å²) in [6, 6.07) is 17.5. The molecule has 0 bridgehead atoms. The van der Waals surface area contributed by atoms with Crippen molar-refractivity contribution in [2.24, 2.45) is 0 Å². The van der Waals surface area contributed by atoms with Crippen molar-refractivity contribution in [1.82, 2.24) is 9.88 Å². The quantitative estimate of drug-likeness (QED) is 0.588. The first-order chi connectivity index (χ1) is 13.1. The van der Waals surface area contributed by atoms with Gasteiger partial charge in [0.05, 0.1) is 23.9 Å². The minimum absolute atomic E-state index is 0.0126. The Morgan fingerprint density at radius 1 is 1.15 bits per heavy atom. The molecule has 2 heterocycles. The lowest BCUT2D eigenvalue weighted by molar-refractivity contribution is 0.310. The lowest BCUT2D eigenvalue weighted by Gasteiger charge is -2.26. The smallest absolute Gasteiger partial charge is 0.135 e. The maximum absolute atomic E-state index is 10.6. The van der Waals surface area contributed by atoms with Crippen LogP contribution in [0.25, 0.3) is 16.8 Å². The molecule has 27 heavy (non-hydrogen) atoms. The molecule has 0 radical (unpaired) electrons. The van der Waals surface area contributed by atoms with E-state index in [1.807, 2.05) is 71.8 Å². The predicted molar refractivity (Wildman–Crippen MR) is 111 cm³/mol. The number of hydrogen-bond donors (Lipinski definition) is 2. The molecule has 6 heteroatoms. The van der Waals surface area contributed by atoms with Crippen LogP contribution in [0.15, 0.2) is 65.7 Å². The Labute approximate surface area is 166 Å². The predicted octanol–water partition coefficient (Wildman–Crippen LogP) is 5.79. The van der Waals surface area contributed by atoms with Gasteiger partial charge in [0, 0.05) is 16.0 Å². The van der Waals surface area contributed by atoms with Crippen LogP contribution in [0.4, 0.5) is 0 Å². The number of aliphatic hydroxyl groups is 1. The topological polar surface area (TPSA) is 60.2 Å². The van der Waals surface area contributed by atoms with Crippen LogP contribution in [0, 0.1) is 5.41 Å². The summed E-state index contributed by atoms with van der Waals surface area (Å²) in [5, 5.41) is 22.3. The van der Waals surface area contributed by atoms with Gasteiger partial charge in [-0.05, 0) is 18.6 Å². The molecule has 0 unspecified atom stereocenters. The van der Waals surface area contributed by atoms with Crippen molar-refractivity contribution < 1.29 is 5.11 Å². The number of amidine groups is 1. The van der Waals surface area contributed by atoms with Crippen molar-refractivity contribution in [1.29, 1.82) is 5.41 Å². The van der Waals surface area contributed by atoms with Gasteiger partial charge in [0.25, 0.3) is 0 Å². The van der Waals surface area contributed by atoms with Crippen LogP contribution in [0.5, 0.6) is 0 Å². The Morgan fingerprint density at radius 2 is 1.85 bits per heavy atom. The van der Waals surface area contributed by atoms with Crippen LogP contribution < -0.4 is 0 Å². The van der Waals surface area contributed by atoms with E-state index in [1.54, 1.807) is 0 Å². The molecule has 4 nitrogen and oxygen atoms in total. The maximum Gasteiger partial charge on any atom is 0.135 e. The van der Waals surface area contributed by atoms with E-state index in [0.717, 1.165) is 16.8 Å². The summed E-state index contributed by atoms with van der Waals surface area (Å²) in [7, 11) is 0. The number of benzene rings is 2. The van der Waals surface area contributed by atoms with Gasteiger partial charge < -0.3 is 10.0 Å². The van der Waals surface area contributed by atoms with E-state index < -0.39 is 0 Å². The average Bonchev–Trinajstić information content (AvgIpc) is 3.26. The van der Waals surface area contributed by atoms with Gasteiger partial charge in [-0.25, -0.2) is 4.98 Å². The summed E-state index contributed by atoms with van der Waals surface area (Å²) in [6.07, 6.45) is 0. The Balaban J connectivity index is 1.62. The minimum atomic E-state index is -0.0126. The summed E-state index contributed by atoms with van der Waals surface area (Å²) in [5.41, 5.74) is 3.21. The highest BCUT2D eigenvalue weighted by molar-refractivity contribution is 7.11. The van der Waals surface area contributed by atoms with Crippen LogP contribution in [0.1, 0.15) is 23.5 Å². The molecule has 1 aromatic heterocycles. The van der Waals surface area contributed by atoms with Crippen LogP contribution in [0.2, 0.25) is 5.02 Å². The number of halogens is 1. The van der Waals surface area contributed by atoms with Gasteiger partial charge in [0.2, 0.25) is 0 Å². The second-order valence-electron chi connectivity index (χ2n) is 6.40. The minimum Gasteiger partial charge on any atom is -0.510 e. The average molecular weight is 396 g/mol. The summed E-state index contributed by atoms with van der Waals surface area (Å²) < 4.78 is 0. The van der Waals surface area contributed by atoms with Crippen LogP contribution in [-0.4, -0.2) is 27.4 Å². The number of nitrogens with one attached hydrogen (secondary N) is 1. The molecule has 0 aliphatic carbocycles. The first kappa shape index (κ1) is 17.8. The van der Waals surface area contributed by atoms with E-state index in [9.17, 15) is 5.11 Å². The van der Waals surface area contributed by atoms with Crippen LogP contribution >= 0.6 is 22.9 Å². The molecule has 1 aliphatic rings. The van der Waals surface area contributed by atoms with Gasteiger partial charge in [-0.1, -0.05) is 60.1 Å². The standard InChI is InChI=1S/C21H18ClN3OS/c1-13(14-7-3-2-4-8-14)25-11-18(26)19(20(25)23)21-24-17(12-27-21)15-9-5-6-10-16(15)22/h2-10,12-13,23,26H,11H2,1H3/t13-/m0/s1. The van der Waals surface area contributed by atoms with E-state index >= 15 is 0 Å². The SMILES string of the molecule is C[C@@H](c1ccccc1)N1CC(O)=C(c2nc(-c3ccccc3Cl)cs2)C1=N. The highest BCUT2D eigenvalue weighted by Gasteiger charge is 2.33. The van der Waals surface area contributed by atoms with Gasteiger partial charge in [-0.3, -0.25) is 5.41 Å². The summed E-state index contributed by atoms with van der Waals surface area (Å²) >= 11 is 7.68. The lowest BCUT2D eigenvalue weighted by atomic mass is 10.1. The first-order valence-corrected chi connectivity index (χ1v) is 9.85. The van der Waals surface area contributed by atoms with Gasteiger partial charge in [0.1, 0.15) is 16.6 Å². The normalized spacial score (nSPS) is 15.5. The molecule has 2 N–H and O–H groups in total. The van der Waals surface area contributed by atoms with Gasteiger partial charge >= 0.3 is 0 Å². The lowest BCUT2D eigenvalue weighted by Crippen LogP contribution is -2.29. The molecular weight excluding hydrogens is 378 g/mol. The Morgan fingerprint density at radius 3 is 2.59 bits per heavy atom. The second-order valence-corrected chi connectivity index (χ2v) is 7.67. The third-order valence-electron chi connectivity index (χ3n) is 4.75. The van der Waals surface area contributed by atoms with Crippen LogP contribution in [-0.2, 0) is 0 Å². The monoisotopic (exact) mass is 395 g/mol. The van der Waals surface area contributed by atoms with Crippen molar-refractivity contribution >= 4 is 34.3 Å². The van der Waals surface area contributed by atoms with Crippen molar-refractivity contribution in [2.45, 2.75) is 13.0 Å². The van der Waals surface area contributed by atoms with E-state index in [0.29, 0.717) is 28.0 Å². The largest absolute Gasteiger partial charge is 0.510 e. The van der Waals surface area contributed by atoms with E-state index in [1.165, 1.54) is 11.3 Å². The first-order valence-electron chi connectivity index (χ1n) is 8.59.